The third-order valence-corrected chi connectivity index (χ3v) is 2.11. The summed E-state index contributed by atoms with van der Waals surface area (Å²) in [5, 5.41) is 12.8. The predicted molar refractivity (Wildman–Crippen MR) is 42.4 cm³/mol. The van der Waals surface area contributed by atoms with Crippen LogP contribution in [0.3, 0.4) is 0 Å². The molecule has 0 saturated heterocycles. The van der Waals surface area contributed by atoms with Crippen molar-refractivity contribution in [3.8, 4) is 0 Å². The zero-order chi connectivity index (χ0) is 8.39. The van der Waals surface area contributed by atoms with E-state index in [1.807, 2.05) is 4.68 Å². The molecule has 0 bridgehead atoms. The summed E-state index contributed by atoms with van der Waals surface area (Å²) in [6.07, 6.45) is 1.58. The second kappa shape index (κ2) is 3.20. The number of hydrogen-bond acceptors (Lipinski definition) is 4. The molecule has 0 saturated carbocycles. The van der Waals surface area contributed by atoms with Gasteiger partial charge in [0.05, 0.1) is 19.7 Å². The van der Waals surface area contributed by atoms with Gasteiger partial charge in [0.25, 0.3) is 0 Å². The molecular weight excluding hydrogens is 156 g/mol. The summed E-state index contributed by atoms with van der Waals surface area (Å²) in [4.78, 5) is 6.29. The molecule has 0 radical (unpaired) electrons. The summed E-state index contributed by atoms with van der Waals surface area (Å²) >= 11 is 0. The molecule has 12 heavy (non-hydrogen) atoms. The topological polar surface area (TPSA) is 54.2 Å². The molecule has 1 aliphatic rings. The summed E-state index contributed by atoms with van der Waals surface area (Å²) in [5.41, 5.74) is 0. The molecule has 1 aromatic rings. The Morgan fingerprint density at radius 3 is 3.25 bits per heavy atom. The molecule has 1 aromatic heterocycles. The Morgan fingerprint density at radius 1 is 1.50 bits per heavy atom. The number of rotatable bonds is 2. The van der Waals surface area contributed by atoms with Crippen LogP contribution in [0.5, 0.6) is 0 Å². The van der Waals surface area contributed by atoms with Crippen molar-refractivity contribution in [1.82, 2.24) is 19.7 Å². The molecule has 5 heteroatoms. The van der Waals surface area contributed by atoms with Crippen molar-refractivity contribution in [3.63, 3.8) is 0 Å². The molecule has 0 unspecified atom stereocenters. The highest BCUT2D eigenvalue weighted by molar-refractivity contribution is 4.88. The summed E-state index contributed by atoms with van der Waals surface area (Å²) in [7, 11) is 0. The number of hydrogen-bond donors (Lipinski definition) is 1. The van der Waals surface area contributed by atoms with Crippen LogP contribution in [0.2, 0.25) is 0 Å². The molecular formula is C7H12N4O. The fourth-order valence-corrected chi connectivity index (χ4v) is 1.44. The van der Waals surface area contributed by atoms with Crippen molar-refractivity contribution >= 4 is 0 Å². The minimum atomic E-state index is 0.216. The van der Waals surface area contributed by atoms with E-state index >= 15 is 0 Å². The van der Waals surface area contributed by atoms with Crippen LogP contribution in [0.15, 0.2) is 6.33 Å². The number of aliphatic hydroxyl groups is 1. The summed E-state index contributed by atoms with van der Waals surface area (Å²) in [6, 6.07) is 0. The van der Waals surface area contributed by atoms with Gasteiger partial charge in [0.15, 0.2) is 0 Å². The Hall–Kier alpha value is -0.940. The molecule has 5 nitrogen and oxygen atoms in total. The van der Waals surface area contributed by atoms with E-state index in [0.29, 0.717) is 0 Å². The lowest BCUT2D eigenvalue weighted by atomic mass is 10.3. The van der Waals surface area contributed by atoms with E-state index in [9.17, 15) is 0 Å². The smallest absolute Gasteiger partial charge is 0.141 e. The van der Waals surface area contributed by atoms with E-state index in [-0.39, 0.29) is 6.61 Å². The molecule has 66 valence electrons. The second-order valence-electron chi connectivity index (χ2n) is 2.90. The SMILES string of the molecule is OCCN1CCn2ncnc2C1. The standard InChI is InChI=1S/C7H12N4O/c12-4-3-10-1-2-11-7(5-10)8-6-9-11/h6,12H,1-5H2. The lowest BCUT2D eigenvalue weighted by Gasteiger charge is -2.25. The van der Waals surface area contributed by atoms with Gasteiger partial charge in [-0.15, -0.1) is 0 Å². The zero-order valence-electron chi connectivity index (χ0n) is 6.85. The molecule has 2 rings (SSSR count). The highest BCUT2D eigenvalue weighted by atomic mass is 16.3. The van der Waals surface area contributed by atoms with E-state index in [2.05, 4.69) is 15.0 Å². The van der Waals surface area contributed by atoms with Gasteiger partial charge in [0.2, 0.25) is 0 Å². The van der Waals surface area contributed by atoms with Crippen molar-refractivity contribution in [2.45, 2.75) is 13.1 Å². The molecule has 2 heterocycles. The predicted octanol–water partition coefficient (Wildman–Crippen LogP) is -0.914. The van der Waals surface area contributed by atoms with Gasteiger partial charge >= 0.3 is 0 Å². The van der Waals surface area contributed by atoms with E-state index in [0.717, 1.165) is 32.0 Å². The molecule has 0 aromatic carbocycles. The Labute approximate surface area is 70.6 Å². The van der Waals surface area contributed by atoms with E-state index in [4.69, 9.17) is 5.11 Å². The van der Waals surface area contributed by atoms with E-state index < -0.39 is 0 Å². The Kier molecular flexibility index (Phi) is 2.05. The number of β-amino-alcohol motifs (C(OH)–C–C–N with tert-alkyl or cyclic N) is 1. The van der Waals surface area contributed by atoms with Crippen molar-refractivity contribution in [2.75, 3.05) is 19.7 Å². The molecule has 0 amide bonds. The first kappa shape index (κ1) is 7.70. The van der Waals surface area contributed by atoms with Gasteiger partial charge in [-0.3, -0.25) is 4.90 Å². The average Bonchev–Trinajstić information content (AvgIpc) is 2.51. The first-order valence-electron chi connectivity index (χ1n) is 4.10. The van der Waals surface area contributed by atoms with E-state index in [1.165, 1.54) is 0 Å². The van der Waals surface area contributed by atoms with Crippen LogP contribution >= 0.6 is 0 Å². The number of nitrogens with zero attached hydrogens (tertiary/aromatic N) is 4. The normalized spacial score (nSPS) is 17.8. The second-order valence-corrected chi connectivity index (χ2v) is 2.90. The summed E-state index contributed by atoms with van der Waals surface area (Å²) < 4.78 is 1.91. The number of fused-ring (bicyclic) bond motifs is 1. The van der Waals surface area contributed by atoms with Crippen molar-refractivity contribution in [3.05, 3.63) is 12.2 Å². The van der Waals surface area contributed by atoms with Crippen molar-refractivity contribution < 1.29 is 5.11 Å². The zero-order valence-corrected chi connectivity index (χ0v) is 6.85. The third kappa shape index (κ3) is 1.33. The van der Waals surface area contributed by atoms with Crippen LogP contribution in [0.25, 0.3) is 0 Å². The first-order chi connectivity index (χ1) is 5.90. The maximum absolute atomic E-state index is 8.73. The highest BCUT2D eigenvalue weighted by Crippen LogP contribution is 2.06. The molecule has 0 spiro atoms. The molecule has 1 N–H and O–H groups in total. The van der Waals surface area contributed by atoms with Gasteiger partial charge in [0, 0.05) is 13.1 Å². The monoisotopic (exact) mass is 168 g/mol. The lowest BCUT2D eigenvalue weighted by Crippen LogP contribution is -2.36. The minimum Gasteiger partial charge on any atom is -0.395 e. The number of aromatic nitrogens is 3. The molecule has 0 atom stereocenters. The fraction of sp³-hybridized carbons (Fsp3) is 0.714. The minimum absolute atomic E-state index is 0.216. The van der Waals surface area contributed by atoms with Gasteiger partial charge in [-0.25, -0.2) is 9.67 Å². The quantitative estimate of drug-likeness (QED) is 0.621. The van der Waals surface area contributed by atoms with Crippen molar-refractivity contribution in [1.29, 1.82) is 0 Å². The molecule has 1 aliphatic heterocycles. The van der Waals surface area contributed by atoms with Gasteiger partial charge in [-0.2, -0.15) is 5.10 Å². The highest BCUT2D eigenvalue weighted by Gasteiger charge is 2.16. The third-order valence-electron chi connectivity index (χ3n) is 2.11. The van der Waals surface area contributed by atoms with Crippen LogP contribution in [-0.2, 0) is 13.1 Å². The maximum atomic E-state index is 8.73. The first-order valence-corrected chi connectivity index (χ1v) is 4.10. The van der Waals surface area contributed by atoms with Gasteiger partial charge in [0.1, 0.15) is 12.2 Å². The van der Waals surface area contributed by atoms with Crippen molar-refractivity contribution in [2.24, 2.45) is 0 Å². The van der Waals surface area contributed by atoms with Crippen LogP contribution in [0.1, 0.15) is 5.82 Å². The van der Waals surface area contributed by atoms with Crippen LogP contribution in [-0.4, -0.2) is 44.5 Å². The molecule has 0 fully saturated rings. The van der Waals surface area contributed by atoms with Crippen LogP contribution < -0.4 is 0 Å². The van der Waals surface area contributed by atoms with Gasteiger partial charge in [-0.05, 0) is 0 Å². The van der Waals surface area contributed by atoms with E-state index in [1.54, 1.807) is 6.33 Å². The largest absolute Gasteiger partial charge is 0.395 e. The Balaban J connectivity index is 2.05. The lowest BCUT2D eigenvalue weighted by molar-refractivity contribution is 0.161. The van der Waals surface area contributed by atoms with Gasteiger partial charge < -0.3 is 5.11 Å². The average molecular weight is 168 g/mol. The number of aliphatic hydroxyl groups excluding tert-OH is 1. The van der Waals surface area contributed by atoms with Crippen LogP contribution in [0, 0.1) is 0 Å². The van der Waals surface area contributed by atoms with Gasteiger partial charge in [-0.1, -0.05) is 0 Å². The maximum Gasteiger partial charge on any atom is 0.141 e. The summed E-state index contributed by atoms with van der Waals surface area (Å²) in [6.45, 7) is 3.59. The van der Waals surface area contributed by atoms with Crippen LogP contribution in [0.4, 0.5) is 0 Å². The Morgan fingerprint density at radius 2 is 2.42 bits per heavy atom. The Bertz CT molecular complexity index is 260. The summed E-state index contributed by atoms with van der Waals surface area (Å²) in [5.74, 6) is 0.995. The molecule has 0 aliphatic carbocycles. The fourth-order valence-electron chi connectivity index (χ4n) is 1.44.